The third kappa shape index (κ3) is 3.28. The van der Waals surface area contributed by atoms with E-state index in [0.717, 1.165) is 5.56 Å². The minimum Gasteiger partial charge on any atom is -0.468 e. The van der Waals surface area contributed by atoms with E-state index >= 15 is 0 Å². The normalized spacial score (nSPS) is 21.7. The molecule has 0 saturated carbocycles. The number of esters is 1. The van der Waals surface area contributed by atoms with Gasteiger partial charge in [0.25, 0.3) is 0 Å². The number of fused-ring (bicyclic) bond motifs is 1. The summed E-state index contributed by atoms with van der Waals surface area (Å²) < 4.78 is 31.8. The quantitative estimate of drug-likeness (QED) is 0.793. The molecule has 1 N–H and O–H groups in total. The average Bonchev–Trinajstić information content (AvgIpc) is 2.60. The maximum Gasteiger partial charge on any atom is 0.320 e. The summed E-state index contributed by atoms with van der Waals surface area (Å²) in [6.07, 6.45) is 0.867. The van der Waals surface area contributed by atoms with E-state index in [4.69, 9.17) is 4.74 Å². The summed E-state index contributed by atoms with van der Waals surface area (Å²) in [5.41, 5.74) is 1.47. The number of benzene rings is 1. The summed E-state index contributed by atoms with van der Waals surface area (Å²) in [5, 5.41) is 2.23. The Balaban J connectivity index is 1.85. The van der Waals surface area contributed by atoms with Gasteiger partial charge in [-0.1, -0.05) is 0 Å². The van der Waals surface area contributed by atoms with Crippen LogP contribution in [0, 0.1) is 0 Å². The van der Waals surface area contributed by atoms with Gasteiger partial charge in [-0.3, -0.25) is 9.59 Å². The van der Waals surface area contributed by atoms with Gasteiger partial charge >= 0.3 is 5.97 Å². The predicted octanol–water partition coefficient (Wildman–Crippen LogP) is 0.850. The molecule has 0 unspecified atom stereocenters. The number of nitrogens with zero attached hydrogens (tertiary/aromatic N) is 1. The zero-order chi connectivity index (χ0) is 17.3. The lowest BCUT2D eigenvalue weighted by atomic mass is 10.0. The van der Waals surface area contributed by atoms with Crippen molar-refractivity contribution in [2.75, 3.05) is 31.3 Å². The third-order valence-electron chi connectivity index (χ3n) is 4.10. The number of sulfonamides is 1. The lowest BCUT2D eigenvalue weighted by Crippen LogP contribution is -2.44. The zero-order valence-electron chi connectivity index (χ0n) is 13.1. The second-order valence-electron chi connectivity index (χ2n) is 5.61. The molecule has 0 spiro atoms. The van der Waals surface area contributed by atoms with E-state index in [0.29, 0.717) is 30.8 Å². The summed E-state index contributed by atoms with van der Waals surface area (Å²) in [4.78, 5) is 23.3. The molecular formula is C15H18N2O5S2. The molecule has 0 aliphatic carbocycles. The van der Waals surface area contributed by atoms with E-state index in [2.05, 4.69) is 5.32 Å². The van der Waals surface area contributed by atoms with Crippen molar-refractivity contribution in [2.45, 2.75) is 23.0 Å². The fourth-order valence-corrected chi connectivity index (χ4v) is 5.63. The Bertz CT molecular complexity index is 778. The highest BCUT2D eigenvalue weighted by Crippen LogP contribution is 2.29. The molecule has 0 radical (unpaired) electrons. The van der Waals surface area contributed by atoms with Crippen molar-refractivity contribution in [1.82, 2.24) is 4.31 Å². The fraction of sp³-hybridized carbons (Fsp3) is 0.467. The highest BCUT2D eigenvalue weighted by molar-refractivity contribution is 8.00. The van der Waals surface area contributed by atoms with Gasteiger partial charge in [-0.05, 0) is 30.2 Å². The number of amides is 1. The van der Waals surface area contributed by atoms with Crippen LogP contribution in [0.1, 0.15) is 12.0 Å². The first-order valence-electron chi connectivity index (χ1n) is 7.54. The van der Waals surface area contributed by atoms with Crippen molar-refractivity contribution >= 4 is 39.3 Å². The molecule has 9 heteroatoms. The first-order chi connectivity index (χ1) is 11.4. The predicted molar refractivity (Wildman–Crippen MR) is 90.4 cm³/mol. The van der Waals surface area contributed by atoms with Gasteiger partial charge in [0, 0.05) is 31.0 Å². The summed E-state index contributed by atoms with van der Waals surface area (Å²) in [7, 11) is -2.38. The first kappa shape index (κ1) is 17.2. The number of aryl methyl sites for hydroxylation is 1. The van der Waals surface area contributed by atoms with Crippen molar-refractivity contribution in [2.24, 2.45) is 0 Å². The minimum absolute atomic E-state index is 0.0629. The standard InChI is InChI=1S/C15H18N2O5S2/c1-22-15(19)13-9-17(6-7-23-13)24(20,21)11-3-4-12-10(8-11)2-5-14(18)16-12/h3-4,8,13H,2,5-7,9H2,1H3,(H,16,18)/t13-/m0/s1. The highest BCUT2D eigenvalue weighted by Gasteiger charge is 2.34. The number of methoxy groups -OCH3 is 1. The monoisotopic (exact) mass is 370 g/mol. The lowest BCUT2D eigenvalue weighted by molar-refractivity contribution is -0.140. The number of anilines is 1. The SMILES string of the molecule is COC(=O)[C@@H]1CN(S(=O)(=O)c2ccc3c(c2)CCC(=O)N3)CCS1. The molecular weight excluding hydrogens is 352 g/mol. The van der Waals surface area contributed by atoms with Gasteiger partial charge in [0.05, 0.1) is 12.0 Å². The second kappa shape index (κ2) is 6.73. The van der Waals surface area contributed by atoms with Crippen LogP contribution in [0.25, 0.3) is 0 Å². The molecule has 2 aliphatic heterocycles. The van der Waals surface area contributed by atoms with Crippen LogP contribution in [0.2, 0.25) is 0 Å². The van der Waals surface area contributed by atoms with E-state index in [-0.39, 0.29) is 17.3 Å². The van der Waals surface area contributed by atoms with Gasteiger partial charge in [-0.25, -0.2) is 8.42 Å². The summed E-state index contributed by atoms with van der Waals surface area (Å²) in [5.74, 6) is 0.0696. The van der Waals surface area contributed by atoms with E-state index in [1.807, 2.05) is 0 Å². The third-order valence-corrected chi connectivity index (χ3v) is 7.13. The molecule has 3 rings (SSSR count). The van der Waals surface area contributed by atoms with Crippen molar-refractivity contribution in [3.05, 3.63) is 23.8 Å². The second-order valence-corrected chi connectivity index (χ2v) is 8.86. The molecule has 1 fully saturated rings. The van der Waals surface area contributed by atoms with Crippen LogP contribution >= 0.6 is 11.8 Å². The van der Waals surface area contributed by atoms with Gasteiger partial charge in [0.1, 0.15) is 5.25 Å². The Labute approximate surface area is 144 Å². The van der Waals surface area contributed by atoms with Crippen LogP contribution in [0.3, 0.4) is 0 Å². The number of rotatable bonds is 3. The molecule has 1 amide bonds. The number of nitrogens with one attached hydrogen (secondary N) is 1. The Kier molecular flexibility index (Phi) is 4.84. The molecule has 130 valence electrons. The van der Waals surface area contributed by atoms with Crippen molar-refractivity contribution < 1.29 is 22.7 Å². The largest absolute Gasteiger partial charge is 0.468 e. The van der Waals surface area contributed by atoms with Crippen LogP contribution in [0.15, 0.2) is 23.1 Å². The Morgan fingerprint density at radius 1 is 1.38 bits per heavy atom. The van der Waals surface area contributed by atoms with E-state index in [9.17, 15) is 18.0 Å². The van der Waals surface area contributed by atoms with Gasteiger partial charge < -0.3 is 10.1 Å². The minimum atomic E-state index is -3.68. The van der Waals surface area contributed by atoms with Gasteiger partial charge in [-0.15, -0.1) is 11.8 Å². The molecule has 1 aromatic carbocycles. The average molecular weight is 370 g/mol. The molecule has 1 aromatic rings. The van der Waals surface area contributed by atoms with Crippen molar-refractivity contribution in [1.29, 1.82) is 0 Å². The molecule has 24 heavy (non-hydrogen) atoms. The van der Waals surface area contributed by atoms with Crippen LogP contribution in [0.4, 0.5) is 5.69 Å². The number of ether oxygens (including phenoxy) is 1. The van der Waals surface area contributed by atoms with E-state index in [1.165, 1.54) is 29.2 Å². The number of hydrogen-bond acceptors (Lipinski definition) is 6. The maximum atomic E-state index is 12.9. The first-order valence-corrected chi connectivity index (χ1v) is 10.0. The number of thioether (sulfide) groups is 1. The molecule has 0 bridgehead atoms. The van der Waals surface area contributed by atoms with E-state index in [1.54, 1.807) is 12.1 Å². The molecule has 2 aliphatic rings. The smallest absolute Gasteiger partial charge is 0.320 e. The summed E-state index contributed by atoms with van der Waals surface area (Å²) >= 11 is 1.41. The number of hydrogen-bond donors (Lipinski definition) is 1. The van der Waals surface area contributed by atoms with Gasteiger partial charge in [0.15, 0.2) is 0 Å². The lowest BCUT2D eigenvalue weighted by Gasteiger charge is -2.30. The van der Waals surface area contributed by atoms with Crippen LogP contribution in [-0.4, -0.2) is 55.8 Å². The Hall–Kier alpha value is -1.58. The number of carbonyl (C=O) groups is 2. The highest BCUT2D eigenvalue weighted by atomic mass is 32.2. The fourth-order valence-electron chi connectivity index (χ4n) is 2.79. The zero-order valence-corrected chi connectivity index (χ0v) is 14.8. The molecule has 1 atom stereocenters. The molecule has 1 saturated heterocycles. The topological polar surface area (TPSA) is 92.8 Å². The van der Waals surface area contributed by atoms with Crippen molar-refractivity contribution in [3.8, 4) is 0 Å². The summed E-state index contributed by atoms with van der Waals surface area (Å²) in [6.45, 7) is 0.460. The van der Waals surface area contributed by atoms with Crippen molar-refractivity contribution in [3.63, 3.8) is 0 Å². The molecule has 0 aromatic heterocycles. The molecule has 2 heterocycles. The Morgan fingerprint density at radius 2 is 2.17 bits per heavy atom. The van der Waals surface area contributed by atoms with Gasteiger partial charge in [0.2, 0.25) is 15.9 Å². The van der Waals surface area contributed by atoms with Crippen LogP contribution < -0.4 is 5.32 Å². The summed E-state index contributed by atoms with van der Waals surface area (Å²) in [6, 6.07) is 4.73. The van der Waals surface area contributed by atoms with E-state index < -0.39 is 21.2 Å². The Morgan fingerprint density at radius 3 is 2.92 bits per heavy atom. The van der Waals surface area contributed by atoms with Crippen LogP contribution in [0.5, 0.6) is 0 Å². The van der Waals surface area contributed by atoms with Crippen LogP contribution in [-0.2, 0) is 30.8 Å². The molecule has 7 nitrogen and oxygen atoms in total. The number of carbonyl (C=O) groups excluding carboxylic acids is 2. The maximum absolute atomic E-state index is 12.9. The van der Waals surface area contributed by atoms with Gasteiger partial charge in [-0.2, -0.15) is 4.31 Å².